The number of benzene rings is 3. The van der Waals surface area contributed by atoms with E-state index in [0.29, 0.717) is 63.4 Å². The van der Waals surface area contributed by atoms with Gasteiger partial charge in [0.05, 0.1) is 52.7 Å². The van der Waals surface area contributed by atoms with Gasteiger partial charge in [0.25, 0.3) is 5.56 Å². The normalized spacial score (nSPS) is 17.5. The standard InChI is InChI=1S/C33H33N3O7/c1-39-24-12-11-18(15-26(24)41-3)19-13-22-30(23(37)14-19)29(21-16-27(42-4)28(43-5)17-25(21)40-2)31-32(34-22)35-36(33(31)38)20-9-7-6-8-10-20/h6-12,15-17,19,29,34-35H,13-14H2,1-5H3. The Hall–Kier alpha value is -5.12. The van der Waals surface area contributed by atoms with Gasteiger partial charge in [0, 0.05) is 29.3 Å². The molecular formula is C33H33N3O7. The Kier molecular flexibility index (Phi) is 7.35. The van der Waals surface area contributed by atoms with Crippen molar-refractivity contribution in [1.29, 1.82) is 0 Å². The third-order valence-corrected chi connectivity index (χ3v) is 8.23. The van der Waals surface area contributed by atoms with Gasteiger partial charge in [0.1, 0.15) is 11.6 Å². The van der Waals surface area contributed by atoms with Crippen LogP contribution in [0.5, 0.6) is 28.7 Å². The molecule has 0 saturated heterocycles. The topological polar surface area (TPSA) is 113 Å². The summed E-state index contributed by atoms with van der Waals surface area (Å²) in [6.07, 6.45) is 0.801. The summed E-state index contributed by atoms with van der Waals surface area (Å²) in [7, 11) is 7.83. The molecule has 4 aromatic rings. The summed E-state index contributed by atoms with van der Waals surface area (Å²) in [5.74, 6) is 2.27. The highest BCUT2D eigenvalue weighted by Gasteiger charge is 2.42. The molecule has 1 aliphatic heterocycles. The Morgan fingerprint density at radius 3 is 2.05 bits per heavy atom. The first-order valence-electron chi connectivity index (χ1n) is 13.9. The number of methoxy groups -OCH3 is 5. The number of aromatic amines is 1. The minimum atomic E-state index is -0.714. The van der Waals surface area contributed by atoms with Gasteiger partial charge in [-0.2, -0.15) is 0 Å². The fourth-order valence-corrected chi connectivity index (χ4v) is 6.18. The molecule has 2 atom stereocenters. The monoisotopic (exact) mass is 583 g/mol. The first kappa shape index (κ1) is 28.0. The molecule has 0 amide bonds. The predicted molar refractivity (Wildman–Crippen MR) is 162 cm³/mol. The van der Waals surface area contributed by atoms with Crippen LogP contribution in [0.3, 0.4) is 0 Å². The molecule has 222 valence electrons. The Labute approximate surface area is 248 Å². The van der Waals surface area contributed by atoms with E-state index < -0.39 is 5.92 Å². The molecule has 43 heavy (non-hydrogen) atoms. The van der Waals surface area contributed by atoms with Crippen molar-refractivity contribution in [2.45, 2.75) is 24.7 Å². The van der Waals surface area contributed by atoms with Crippen molar-refractivity contribution in [2.75, 3.05) is 40.9 Å². The fraction of sp³-hybridized carbons (Fsp3) is 0.273. The number of carbonyl (C=O) groups excluding carboxylic acids is 1. The van der Waals surface area contributed by atoms with E-state index in [1.54, 1.807) is 47.7 Å². The van der Waals surface area contributed by atoms with E-state index >= 15 is 0 Å². The molecule has 3 aromatic carbocycles. The van der Waals surface area contributed by atoms with E-state index in [4.69, 9.17) is 23.7 Å². The highest BCUT2D eigenvalue weighted by Crippen LogP contribution is 2.50. The average molecular weight is 584 g/mol. The van der Waals surface area contributed by atoms with Crippen LogP contribution in [0.15, 0.2) is 76.7 Å². The number of para-hydroxylation sites is 1. The van der Waals surface area contributed by atoms with Crippen LogP contribution in [0.25, 0.3) is 5.69 Å². The second kappa shape index (κ2) is 11.3. The van der Waals surface area contributed by atoms with Crippen LogP contribution in [0, 0.1) is 0 Å². The molecule has 0 radical (unpaired) electrons. The zero-order valence-electron chi connectivity index (χ0n) is 24.6. The van der Waals surface area contributed by atoms with Crippen LogP contribution >= 0.6 is 0 Å². The number of fused-ring (bicyclic) bond motifs is 1. The van der Waals surface area contributed by atoms with Crippen molar-refractivity contribution in [3.05, 3.63) is 99.0 Å². The molecule has 0 fully saturated rings. The smallest absolute Gasteiger partial charge is 0.277 e. The Bertz CT molecular complexity index is 1790. The lowest BCUT2D eigenvalue weighted by Gasteiger charge is -2.35. The second-order valence-corrected chi connectivity index (χ2v) is 10.4. The second-order valence-electron chi connectivity index (χ2n) is 10.4. The van der Waals surface area contributed by atoms with Gasteiger partial charge in [-0.1, -0.05) is 24.3 Å². The van der Waals surface area contributed by atoms with Gasteiger partial charge in [-0.25, -0.2) is 4.68 Å². The number of Topliss-reactive ketones (excluding diaryl/α,β-unsaturated/α-hetero) is 1. The number of hydrogen-bond acceptors (Lipinski definition) is 8. The van der Waals surface area contributed by atoms with Gasteiger partial charge < -0.3 is 29.0 Å². The van der Waals surface area contributed by atoms with E-state index in [9.17, 15) is 9.59 Å². The Balaban J connectivity index is 1.54. The zero-order chi connectivity index (χ0) is 30.2. The van der Waals surface area contributed by atoms with Gasteiger partial charge in [0.2, 0.25) is 0 Å². The third-order valence-electron chi connectivity index (χ3n) is 8.23. The van der Waals surface area contributed by atoms with Crippen LogP contribution in [-0.4, -0.2) is 51.1 Å². The quantitative estimate of drug-likeness (QED) is 0.292. The Morgan fingerprint density at radius 2 is 1.37 bits per heavy atom. The van der Waals surface area contributed by atoms with E-state index in [0.717, 1.165) is 11.3 Å². The molecule has 2 N–H and O–H groups in total. The summed E-state index contributed by atoms with van der Waals surface area (Å²) in [4.78, 5) is 28.3. The molecular weight excluding hydrogens is 550 g/mol. The number of hydrogen-bond donors (Lipinski definition) is 2. The third kappa shape index (κ3) is 4.68. The highest BCUT2D eigenvalue weighted by atomic mass is 16.5. The van der Waals surface area contributed by atoms with Crippen LogP contribution in [-0.2, 0) is 4.79 Å². The molecule has 2 unspecified atom stereocenters. The van der Waals surface area contributed by atoms with Gasteiger partial charge in [0.15, 0.2) is 28.8 Å². The van der Waals surface area contributed by atoms with Crippen LogP contribution < -0.4 is 34.6 Å². The summed E-state index contributed by atoms with van der Waals surface area (Å²) in [5, 5.41) is 6.69. The maximum Gasteiger partial charge on any atom is 0.277 e. The van der Waals surface area contributed by atoms with E-state index in [-0.39, 0.29) is 23.7 Å². The maximum absolute atomic E-state index is 14.2. The van der Waals surface area contributed by atoms with Crippen LogP contribution in [0.1, 0.15) is 41.4 Å². The summed E-state index contributed by atoms with van der Waals surface area (Å²) in [5.41, 5.74) is 3.69. The van der Waals surface area contributed by atoms with Crippen molar-refractivity contribution in [3.63, 3.8) is 0 Å². The maximum atomic E-state index is 14.2. The number of allylic oxidation sites excluding steroid dienone is 2. The molecule has 6 rings (SSSR count). The molecule has 0 bridgehead atoms. The first-order chi connectivity index (χ1) is 20.9. The number of nitrogens with one attached hydrogen (secondary N) is 2. The number of carbonyl (C=O) groups is 1. The number of aromatic nitrogens is 2. The molecule has 2 aliphatic rings. The van der Waals surface area contributed by atoms with E-state index in [1.165, 1.54) is 4.68 Å². The molecule has 1 aliphatic carbocycles. The molecule has 10 nitrogen and oxygen atoms in total. The van der Waals surface area contributed by atoms with Crippen molar-refractivity contribution in [1.82, 2.24) is 9.78 Å². The lowest BCUT2D eigenvalue weighted by atomic mass is 9.72. The summed E-state index contributed by atoms with van der Waals surface area (Å²) in [6, 6.07) is 18.6. The van der Waals surface area contributed by atoms with Crippen molar-refractivity contribution in [2.24, 2.45) is 0 Å². The fourth-order valence-electron chi connectivity index (χ4n) is 6.18. The van der Waals surface area contributed by atoms with Crippen LogP contribution in [0.4, 0.5) is 5.82 Å². The lowest BCUT2D eigenvalue weighted by molar-refractivity contribution is -0.116. The average Bonchev–Trinajstić information content (AvgIpc) is 3.38. The highest BCUT2D eigenvalue weighted by molar-refractivity contribution is 6.01. The molecule has 0 saturated carbocycles. The number of ether oxygens (including phenoxy) is 5. The zero-order valence-corrected chi connectivity index (χ0v) is 24.6. The number of ketones is 1. The largest absolute Gasteiger partial charge is 0.496 e. The van der Waals surface area contributed by atoms with Gasteiger partial charge >= 0.3 is 0 Å². The van der Waals surface area contributed by atoms with Crippen LogP contribution in [0.2, 0.25) is 0 Å². The van der Waals surface area contributed by atoms with Gasteiger partial charge in [-0.15, -0.1) is 0 Å². The molecule has 2 heterocycles. The number of H-pyrrole nitrogens is 1. The minimum Gasteiger partial charge on any atom is -0.496 e. The molecule has 0 spiro atoms. The van der Waals surface area contributed by atoms with Gasteiger partial charge in [-0.05, 0) is 48.2 Å². The van der Waals surface area contributed by atoms with E-state index in [1.807, 2.05) is 48.5 Å². The van der Waals surface area contributed by atoms with Gasteiger partial charge in [-0.3, -0.25) is 14.7 Å². The van der Waals surface area contributed by atoms with Crippen molar-refractivity contribution >= 4 is 11.6 Å². The summed E-state index contributed by atoms with van der Waals surface area (Å²) >= 11 is 0. The molecule has 10 heteroatoms. The minimum absolute atomic E-state index is 0.0621. The van der Waals surface area contributed by atoms with Crippen molar-refractivity contribution in [3.8, 4) is 34.4 Å². The van der Waals surface area contributed by atoms with Crippen molar-refractivity contribution < 1.29 is 28.5 Å². The predicted octanol–water partition coefficient (Wildman–Crippen LogP) is 5.17. The summed E-state index contributed by atoms with van der Waals surface area (Å²) in [6.45, 7) is 0. The van der Waals surface area contributed by atoms with E-state index in [2.05, 4.69) is 10.4 Å². The number of nitrogens with zero attached hydrogens (tertiary/aromatic N) is 1. The first-order valence-corrected chi connectivity index (χ1v) is 13.9. The SMILES string of the molecule is COc1ccc(C2CC(=O)C3=C(C2)Nc2[nH]n(-c4ccccc4)c(=O)c2C3c2cc(OC)c(OC)cc2OC)cc1OC. The number of anilines is 1. The molecule has 1 aromatic heterocycles. The Morgan fingerprint density at radius 1 is 0.721 bits per heavy atom. The lowest BCUT2D eigenvalue weighted by Crippen LogP contribution is -2.32. The summed E-state index contributed by atoms with van der Waals surface area (Å²) < 4.78 is 29.4. The number of rotatable bonds is 8.